The lowest BCUT2D eigenvalue weighted by Crippen LogP contribution is -2.37. The fourth-order valence-electron chi connectivity index (χ4n) is 2.60. The van der Waals surface area contributed by atoms with Gasteiger partial charge in [-0.15, -0.1) is 0 Å². The zero-order chi connectivity index (χ0) is 16.9. The Labute approximate surface area is 130 Å². The summed E-state index contributed by atoms with van der Waals surface area (Å²) in [5, 5.41) is 0. The van der Waals surface area contributed by atoms with Gasteiger partial charge in [0.05, 0.1) is 6.54 Å². The third-order valence-electron chi connectivity index (χ3n) is 4.02. The number of anilines is 1. The van der Waals surface area contributed by atoms with E-state index in [4.69, 9.17) is 5.73 Å². The molecular weight excluding hydrogens is 301 g/mol. The first-order valence-electron chi connectivity index (χ1n) is 6.98. The molecule has 0 radical (unpaired) electrons. The Bertz CT molecular complexity index is 1040. The van der Waals surface area contributed by atoms with E-state index >= 15 is 0 Å². The maximum absolute atomic E-state index is 13.5. The molecule has 0 aliphatic rings. The number of rotatable bonds is 2. The average Bonchev–Trinajstić information content (AvgIpc) is 2.84. The summed E-state index contributed by atoms with van der Waals surface area (Å²) in [5.41, 5.74) is 6.95. The lowest BCUT2D eigenvalue weighted by Gasteiger charge is -2.10. The average molecular weight is 317 g/mol. The van der Waals surface area contributed by atoms with Gasteiger partial charge in [0.25, 0.3) is 5.56 Å². The first-order valence-corrected chi connectivity index (χ1v) is 6.98. The van der Waals surface area contributed by atoms with Crippen LogP contribution >= 0.6 is 0 Å². The SMILES string of the molecule is Cc1ccc(F)cc1Cn1c(N)nc2c1c(=O)n(C)c(=O)n2C. The van der Waals surface area contributed by atoms with E-state index in [9.17, 15) is 14.0 Å². The molecule has 0 spiro atoms. The monoisotopic (exact) mass is 317 g/mol. The lowest BCUT2D eigenvalue weighted by atomic mass is 10.1. The summed E-state index contributed by atoms with van der Waals surface area (Å²) in [5.74, 6) is -0.268. The van der Waals surface area contributed by atoms with Gasteiger partial charge in [-0.2, -0.15) is 4.98 Å². The summed E-state index contributed by atoms with van der Waals surface area (Å²) in [6.07, 6.45) is 0. The van der Waals surface area contributed by atoms with Crippen molar-refractivity contribution in [2.45, 2.75) is 13.5 Å². The predicted octanol–water partition coefficient (Wildman–Crippen LogP) is 0.512. The minimum atomic E-state index is -0.485. The Morgan fingerprint density at radius 1 is 1.22 bits per heavy atom. The summed E-state index contributed by atoms with van der Waals surface area (Å²) in [4.78, 5) is 28.5. The number of fused-ring (bicyclic) bond motifs is 1. The van der Waals surface area contributed by atoms with Crippen molar-refractivity contribution in [3.63, 3.8) is 0 Å². The second-order valence-corrected chi connectivity index (χ2v) is 5.50. The van der Waals surface area contributed by atoms with Gasteiger partial charge in [0.1, 0.15) is 5.82 Å². The van der Waals surface area contributed by atoms with Crippen molar-refractivity contribution in [1.29, 1.82) is 0 Å². The second kappa shape index (κ2) is 5.08. The van der Waals surface area contributed by atoms with Crippen molar-refractivity contribution in [3.05, 3.63) is 56.0 Å². The molecule has 0 atom stereocenters. The van der Waals surface area contributed by atoms with Gasteiger partial charge < -0.3 is 10.3 Å². The summed E-state index contributed by atoms with van der Waals surface area (Å²) in [6.45, 7) is 2.04. The number of nitrogen functional groups attached to an aromatic ring is 1. The molecule has 0 fully saturated rings. The molecule has 2 N–H and O–H groups in total. The first kappa shape index (κ1) is 15.0. The predicted molar refractivity (Wildman–Crippen MR) is 84.9 cm³/mol. The van der Waals surface area contributed by atoms with Crippen LogP contribution in [0.4, 0.5) is 10.3 Å². The molecule has 2 aromatic heterocycles. The van der Waals surface area contributed by atoms with E-state index in [1.54, 1.807) is 6.07 Å². The molecule has 1 aromatic carbocycles. The minimum absolute atomic E-state index is 0.0990. The highest BCUT2D eigenvalue weighted by atomic mass is 19.1. The number of hydrogen-bond donors (Lipinski definition) is 1. The van der Waals surface area contributed by atoms with Gasteiger partial charge in [0.2, 0.25) is 5.95 Å². The molecule has 0 aliphatic heterocycles. The minimum Gasteiger partial charge on any atom is -0.369 e. The third kappa shape index (κ3) is 2.23. The van der Waals surface area contributed by atoms with Crippen LogP contribution in [-0.4, -0.2) is 18.7 Å². The van der Waals surface area contributed by atoms with Gasteiger partial charge in [-0.1, -0.05) is 6.07 Å². The van der Waals surface area contributed by atoms with Crippen molar-refractivity contribution in [2.75, 3.05) is 5.73 Å². The number of benzene rings is 1. The van der Waals surface area contributed by atoms with E-state index in [2.05, 4.69) is 4.98 Å². The van der Waals surface area contributed by atoms with Crippen molar-refractivity contribution in [1.82, 2.24) is 18.7 Å². The highest BCUT2D eigenvalue weighted by molar-refractivity contribution is 5.73. The van der Waals surface area contributed by atoms with Gasteiger partial charge in [0, 0.05) is 14.1 Å². The van der Waals surface area contributed by atoms with E-state index in [0.717, 1.165) is 10.1 Å². The Kier molecular flexibility index (Phi) is 3.32. The van der Waals surface area contributed by atoms with Gasteiger partial charge in [-0.25, -0.2) is 9.18 Å². The van der Waals surface area contributed by atoms with Gasteiger partial charge in [-0.3, -0.25) is 13.9 Å². The Balaban J connectivity index is 2.31. The highest BCUT2D eigenvalue weighted by Gasteiger charge is 2.18. The van der Waals surface area contributed by atoms with E-state index in [1.807, 2.05) is 6.92 Å². The topological polar surface area (TPSA) is 87.8 Å². The molecule has 7 nitrogen and oxygen atoms in total. The first-order chi connectivity index (χ1) is 10.8. The number of hydrogen-bond acceptors (Lipinski definition) is 4. The number of nitrogens with zero attached hydrogens (tertiary/aromatic N) is 4. The van der Waals surface area contributed by atoms with E-state index in [0.29, 0.717) is 5.56 Å². The van der Waals surface area contributed by atoms with Crippen LogP contribution < -0.4 is 17.0 Å². The molecule has 0 saturated carbocycles. The van der Waals surface area contributed by atoms with Crippen LogP contribution in [0.15, 0.2) is 27.8 Å². The molecule has 0 aliphatic carbocycles. The highest BCUT2D eigenvalue weighted by Crippen LogP contribution is 2.18. The van der Waals surface area contributed by atoms with Crippen LogP contribution in [0.25, 0.3) is 11.2 Å². The summed E-state index contributed by atoms with van der Waals surface area (Å²) in [7, 11) is 2.92. The van der Waals surface area contributed by atoms with Crippen LogP contribution in [0.5, 0.6) is 0 Å². The van der Waals surface area contributed by atoms with Crippen molar-refractivity contribution in [2.24, 2.45) is 14.1 Å². The van der Waals surface area contributed by atoms with Crippen LogP contribution in [0.1, 0.15) is 11.1 Å². The molecule has 8 heteroatoms. The number of aryl methyl sites for hydroxylation is 2. The van der Waals surface area contributed by atoms with Crippen molar-refractivity contribution >= 4 is 17.1 Å². The number of aromatic nitrogens is 4. The quantitative estimate of drug-likeness (QED) is 0.746. The molecule has 0 amide bonds. The Hall–Kier alpha value is -2.90. The fraction of sp³-hybridized carbons (Fsp3) is 0.267. The maximum Gasteiger partial charge on any atom is 0.332 e. The molecule has 3 rings (SSSR count). The van der Waals surface area contributed by atoms with E-state index < -0.39 is 11.2 Å². The lowest BCUT2D eigenvalue weighted by molar-refractivity contribution is 0.623. The molecule has 0 saturated heterocycles. The summed E-state index contributed by atoms with van der Waals surface area (Å²) >= 11 is 0. The molecule has 2 heterocycles. The van der Waals surface area contributed by atoms with Gasteiger partial charge in [-0.05, 0) is 30.2 Å². The van der Waals surface area contributed by atoms with Crippen molar-refractivity contribution < 1.29 is 4.39 Å². The Morgan fingerprint density at radius 3 is 2.61 bits per heavy atom. The summed E-state index contributed by atoms with van der Waals surface area (Å²) in [6, 6.07) is 4.43. The molecule has 3 aromatic rings. The van der Waals surface area contributed by atoms with Gasteiger partial charge >= 0.3 is 5.69 Å². The van der Waals surface area contributed by atoms with Crippen LogP contribution in [0.3, 0.4) is 0 Å². The number of imidazole rings is 1. The largest absolute Gasteiger partial charge is 0.369 e. The normalized spacial score (nSPS) is 11.3. The van der Waals surface area contributed by atoms with Crippen LogP contribution in [0.2, 0.25) is 0 Å². The zero-order valence-corrected chi connectivity index (χ0v) is 13.0. The van der Waals surface area contributed by atoms with Gasteiger partial charge in [0.15, 0.2) is 11.2 Å². The maximum atomic E-state index is 13.5. The molecular formula is C15H16FN5O2. The van der Waals surface area contributed by atoms with Crippen molar-refractivity contribution in [3.8, 4) is 0 Å². The third-order valence-corrected chi connectivity index (χ3v) is 4.02. The molecule has 0 bridgehead atoms. The molecule has 0 unspecified atom stereocenters. The zero-order valence-electron chi connectivity index (χ0n) is 13.0. The number of halogens is 1. The fourth-order valence-corrected chi connectivity index (χ4v) is 2.60. The smallest absolute Gasteiger partial charge is 0.332 e. The second-order valence-electron chi connectivity index (χ2n) is 5.50. The molecule has 23 heavy (non-hydrogen) atoms. The number of nitrogens with two attached hydrogens (primary N) is 1. The van der Waals surface area contributed by atoms with Crippen LogP contribution in [-0.2, 0) is 20.6 Å². The van der Waals surface area contributed by atoms with E-state index in [-0.39, 0.29) is 29.5 Å². The Morgan fingerprint density at radius 2 is 1.91 bits per heavy atom. The van der Waals surface area contributed by atoms with Crippen LogP contribution in [0, 0.1) is 12.7 Å². The summed E-state index contributed by atoms with van der Waals surface area (Å²) < 4.78 is 17.2. The van der Waals surface area contributed by atoms with E-state index in [1.165, 1.54) is 35.4 Å². The standard InChI is InChI=1S/C15H16FN5O2/c1-8-4-5-10(16)6-9(8)7-21-11-12(18-14(21)17)19(2)15(23)20(3)13(11)22/h4-6H,7H2,1-3H3,(H2,17,18). The molecule has 120 valence electrons.